The predicted octanol–water partition coefficient (Wildman–Crippen LogP) is 4.15. The van der Waals surface area contributed by atoms with Crippen LogP contribution in [-0.2, 0) is 0 Å². The summed E-state index contributed by atoms with van der Waals surface area (Å²) >= 11 is 0. The maximum absolute atomic E-state index is 3.40. The molecule has 0 spiro atoms. The summed E-state index contributed by atoms with van der Waals surface area (Å²) in [6.45, 7) is 12.6. The first-order valence-corrected chi connectivity index (χ1v) is 5.43. The van der Waals surface area contributed by atoms with E-state index in [1.807, 2.05) is 13.8 Å². The molecule has 0 saturated carbocycles. The summed E-state index contributed by atoms with van der Waals surface area (Å²) in [5.41, 5.74) is 3.89. The zero-order chi connectivity index (χ0) is 11.1. The molecule has 0 bridgehead atoms. The molecule has 0 aliphatic carbocycles. The number of aryl methyl sites for hydroxylation is 2. The SMILES string of the molecule is CC.Cc1ccc(NC(C)C)c(C)c1. The third kappa shape index (κ3) is 4.31. The van der Waals surface area contributed by atoms with Crippen molar-refractivity contribution in [1.29, 1.82) is 0 Å². The van der Waals surface area contributed by atoms with Crippen LogP contribution in [0.2, 0.25) is 0 Å². The second kappa shape index (κ2) is 6.47. The average molecular weight is 193 g/mol. The topological polar surface area (TPSA) is 12.0 Å². The summed E-state index contributed by atoms with van der Waals surface area (Å²) in [6.07, 6.45) is 0. The van der Waals surface area contributed by atoms with E-state index < -0.39 is 0 Å². The van der Waals surface area contributed by atoms with Crippen LogP contribution >= 0.6 is 0 Å². The molecule has 1 heteroatoms. The van der Waals surface area contributed by atoms with E-state index in [0.717, 1.165) is 0 Å². The monoisotopic (exact) mass is 193 g/mol. The van der Waals surface area contributed by atoms with Crippen LogP contribution in [-0.4, -0.2) is 6.04 Å². The maximum Gasteiger partial charge on any atom is 0.0372 e. The van der Waals surface area contributed by atoms with Crippen molar-refractivity contribution in [2.75, 3.05) is 5.32 Å². The van der Waals surface area contributed by atoms with Crippen molar-refractivity contribution in [3.63, 3.8) is 0 Å². The van der Waals surface area contributed by atoms with Crippen molar-refractivity contribution in [1.82, 2.24) is 0 Å². The van der Waals surface area contributed by atoms with Crippen LogP contribution in [0.4, 0.5) is 5.69 Å². The molecule has 0 amide bonds. The van der Waals surface area contributed by atoms with Crippen LogP contribution in [0.3, 0.4) is 0 Å². The molecule has 0 heterocycles. The minimum Gasteiger partial charge on any atom is -0.383 e. The number of hydrogen-bond donors (Lipinski definition) is 1. The number of benzene rings is 1. The van der Waals surface area contributed by atoms with Gasteiger partial charge >= 0.3 is 0 Å². The van der Waals surface area contributed by atoms with E-state index in [0.29, 0.717) is 6.04 Å². The second-order valence-corrected chi connectivity index (χ2v) is 3.62. The summed E-state index contributed by atoms with van der Waals surface area (Å²) in [5, 5.41) is 3.40. The first-order chi connectivity index (χ1) is 6.59. The molecule has 0 aliphatic heterocycles. The number of anilines is 1. The molecule has 0 fully saturated rings. The van der Waals surface area contributed by atoms with Gasteiger partial charge in [-0.25, -0.2) is 0 Å². The quantitative estimate of drug-likeness (QED) is 0.744. The van der Waals surface area contributed by atoms with Crippen molar-refractivity contribution in [3.8, 4) is 0 Å². The van der Waals surface area contributed by atoms with Gasteiger partial charge in [0, 0.05) is 11.7 Å². The Bertz CT molecular complexity index is 264. The van der Waals surface area contributed by atoms with Crippen LogP contribution in [0.1, 0.15) is 38.8 Å². The molecule has 1 aromatic carbocycles. The van der Waals surface area contributed by atoms with Crippen molar-refractivity contribution in [3.05, 3.63) is 29.3 Å². The molecular weight excluding hydrogens is 170 g/mol. The van der Waals surface area contributed by atoms with Crippen molar-refractivity contribution in [2.45, 2.75) is 47.6 Å². The van der Waals surface area contributed by atoms with Crippen molar-refractivity contribution >= 4 is 5.69 Å². The van der Waals surface area contributed by atoms with E-state index in [2.05, 4.69) is 51.2 Å². The highest BCUT2D eigenvalue weighted by Crippen LogP contribution is 2.16. The first-order valence-electron chi connectivity index (χ1n) is 5.43. The van der Waals surface area contributed by atoms with E-state index in [9.17, 15) is 0 Å². The summed E-state index contributed by atoms with van der Waals surface area (Å²) in [4.78, 5) is 0. The van der Waals surface area contributed by atoms with Gasteiger partial charge in [0.15, 0.2) is 0 Å². The van der Waals surface area contributed by atoms with Gasteiger partial charge in [-0.05, 0) is 39.3 Å². The molecule has 0 saturated heterocycles. The van der Waals surface area contributed by atoms with Gasteiger partial charge in [-0.15, -0.1) is 0 Å². The van der Waals surface area contributed by atoms with Crippen LogP contribution in [0.15, 0.2) is 18.2 Å². The third-order valence-corrected chi connectivity index (χ3v) is 1.83. The molecule has 1 rings (SSSR count). The minimum absolute atomic E-state index is 0.506. The molecule has 80 valence electrons. The standard InChI is InChI=1S/C11H17N.C2H6/c1-8(2)12-11-6-5-9(3)7-10(11)4;1-2/h5-8,12H,1-4H3;1-2H3. The Balaban J connectivity index is 0.000000791. The van der Waals surface area contributed by atoms with Crippen LogP contribution in [0.5, 0.6) is 0 Å². The fourth-order valence-electron chi connectivity index (χ4n) is 1.29. The van der Waals surface area contributed by atoms with Gasteiger partial charge in [0.1, 0.15) is 0 Å². The summed E-state index contributed by atoms with van der Waals surface area (Å²) in [6, 6.07) is 6.99. The molecule has 1 aromatic rings. The molecule has 1 nitrogen and oxygen atoms in total. The zero-order valence-electron chi connectivity index (χ0n) is 10.3. The first kappa shape index (κ1) is 13.0. The summed E-state index contributed by atoms with van der Waals surface area (Å²) in [5.74, 6) is 0. The minimum atomic E-state index is 0.506. The third-order valence-electron chi connectivity index (χ3n) is 1.83. The lowest BCUT2D eigenvalue weighted by Crippen LogP contribution is -2.10. The summed E-state index contributed by atoms with van der Waals surface area (Å²) < 4.78 is 0. The molecule has 0 unspecified atom stereocenters. The van der Waals surface area contributed by atoms with E-state index in [1.54, 1.807) is 0 Å². The highest BCUT2D eigenvalue weighted by Gasteiger charge is 1.98. The van der Waals surface area contributed by atoms with Gasteiger partial charge in [0.25, 0.3) is 0 Å². The number of rotatable bonds is 2. The number of hydrogen-bond acceptors (Lipinski definition) is 1. The van der Waals surface area contributed by atoms with Crippen molar-refractivity contribution in [2.24, 2.45) is 0 Å². The normalized spacial score (nSPS) is 9.36. The Morgan fingerprint density at radius 2 is 1.64 bits per heavy atom. The maximum atomic E-state index is 3.40. The van der Waals surface area contributed by atoms with Crippen LogP contribution in [0.25, 0.3) is 0 Å². The predicted molar refractivity (Wildman–Crippen MR) is 66.0 cm³/mol. The highest BCUT2D eigenvalue weighted by molar-refractivity contribution is 5.52. The summed E-state index contributed by atoms with van der Waals surface area (Å²) in [7, 11) is 0. The Labute approximate surface area is 88.5 Å². The zero-order valence-corrected chi connectivity index (χ0v) is 10.3. The largest absolute Gasteiger partial charge is 0.383 e. The van der Waals surface area contributed by atoms with Gasteiger partial charge in [0.05, 0.1) is 0 Å². The van der Waals surface area contributed by atoms with E-state index in [-0.39, 0.29) is 0 Å². The van der Waals surface area contributed by atoms with Crippen LogP contribution in [0, 0.1) is 13.8 Å². The van der Waals surface area contributed by atoms with E-state index in [4.69, 9.17) is 0 Å². The Morgan fingerprint density at radius 1 is 1.07 bits per heavy atom. The lowest BCUT2D eigenvalue weighted by Gasteiger charge is -2.12. The van der Waals surface area contributed by atoms with Gasteiger partial charge in [0.2, 0.25) is 0 Å². The molecule has 1 N–H and O–H groups in total. The molecule has 0 aromatic heterocycles. The van der Waals surface area contributed by atoms with E-state index in [1.165, 1.54) is 16.8 Å². The van der Waals surface area contributed by atoms with E-state index >= 15 is 0 Å². The smallest absolute Gasteiger partial charge is 0.0372 e. The van der Waals surface area contributed by atoms with Gasteiger partial charge < -0.3 is 5.32 Å². The fraction of sp³-hybridized carbons (Fsp3) is 0.538. The Kier molecular flexibility index (Phi) is 6.02. The molecule has 0 aliphatic rings. The second-order valence-electron chi connectivity index (χ2n) is 3.62. The average Bonchev–Trinajstić information content (AvgIpc) is 2.13. The Hall–Kier alpha value is -0.980. The molecule has 0 radical (unpaired) electrons. The van der Waals surface area contributed by atoms with Gasteiger partial charge in [-0.1, -0.05) is 31.5 Å². The fourth-order valence-corrected chi connectivity index (χ4v) is 1.29. The lowest BCUT2D eigenvalue weighted by molar-refractivity contribution is 0.897. The molecular formula is C13H23N. The van der Waals surface area contributed by atoms with Crippen molar-refractivity contribution < 1.29 is 0 Å². The van der Waals surface area contributed by atoms with Gasteiger partial charge in [-0.3, -0.25) is 0 Å². The molecule has 0 atom stereocenters. The van der Waals surface area contributed by atoms with Gasteiger partial charge in [-0.2, -0.15) is 0 Å². The molecule has 14 heavy (non-hydrogen) atoms. The van der Waals surface area contributed by atoms with Crippen LogP contribution < -0.4 is 5.32 Å². The lowest BCUT2D eigenvalue weighted by atomic mass is 10.1. The Morgan fingerprint density at radius 3 is 2.07 bits per heavy atom. The highest BCUT2D eigenvalue weighted by atomic mass is 14.9. The number of nitrogens with one attached hydrogen (secondary N) is 1.